The van der Waals surface area contributed by atoms with Crippen LogP contribution in [0.4, 0.5) is 19.0 Å². The lowest BCUT2D eigenvalue weighted by molar-refractivity contribution is -0.141. The maximum Gasteiger partial charge on any atom is 0.433 e. The molecule has 4 heterocycles. The van der Waals surface area contributed by atoms with E-state index in [0.717, 1.165) is 6.07 Å². The molecule has 0 N–H and O–H groups in total. The van der Waals surface area contributed by atoms with E-state index in [0.29, 0.717) is 34.0 Å². The van der Waals surface area contributed by atoms with Crippen LogP contribution in [-0.4, -0.2) is 19.4 Å². The van der Waals surface area contributed by atoms with Gasteiger partial charge in [-0.25, -0.2) is 14.4 Å². The number of aryl methyl sites for hydroxylation is 1. The van der Waals surface area contributed by atoms with Gasteiger partial charge < -0.3 is 4.85 Å². The zero-order chi connectivity index (χ0) is 19.9. The van der Waals surface area contributed by atoms with Crippen LogP contribution >= 0.6 is 0 Å². The van der Waals surface area contributed by atoms with Crippen molar-refractivity contribution in [3.63, 3.8) is 0 Å². The molecule has 0 unspecified atom stereocenters. The molecule has 0 atom stereocenters. The van der Waals surface area contributed by atoms with Crippen molar-refractivity contribution in [3.8, 4) is 22.5 Å². The number of imidazole rings is 1. The average Bonchev–Trinajstić information content (AvgIpc) is 3.09. The molecule has 8 heteroatoms. The highest BCUT2D eigenvalue weighted by Gasteiger charge is 2.33. The highest BCUT2D eigenvalue weighted by molar-refractivity contribution is 5.80. The normalized spacial score (nSPS) is 11.5. The number of rotatable bonds is 2. The fourth-order valence-corrected chi connectivity index (χ4v) is 2.93. The first-order chi connectivity index (χ1) is 13.4. The first-order valence-electron chi connectivity index (χ1n) is 8.24. The van der Waals surface area contributed by atoms with Gasteiger partial charge in [0.05, 0.1) is 23.8 Å². The van der Waals surface area contributed by atoms with Crippen molar-refractivity contribution in [1.29, 1.82) is 0 Å². The van der Waals surface area contributed by atoms with Crippen LogP contribution in [0.2, 0.25) is 0 Å². The van der Waals surface area contributed by atoms with Crippen LogP contribution in [0.15, 0.2) is 54.9 Å². The lowest BCUT2D eigenvalue weighted by atomic mass is 10.0. The Morgan fingerprint density at radius 2 is 1.86 bits per heavy atom. The van der Waals surface area contributed by atoms with Gasteiger partial charge in [-0.15, -0.1) is 0 Å². The monoisotopic (exact) mass is 379 g/mol. The van der Waals surface area contributed by atoms with E-state index in [1.54, 1.807) is 47.9 Å². The minimum atomic E-state index is -4.57. The van der Waals surface area contributed by atoms with E-state index in [2.05, 4.69) is 19.8 Å². The molecule has 0 aliphatic rings. The Labute approximate surface area is 158 Å². The molecule has 0 aliphatic heterocycles. The second kappa shape index (κ2) is 6.46. The lowest BCUT2D eigenvalue weighted by Gasteiger charge is -2.13. The van der Waals surface area contributed by atoms with Crippen molar-refractivity contribution < 1.29 is 13.2 Å². The minimum Gasteiger partial charge on any atom is -0.362 e. The summed E-state index contributed by atoms with van der Waals surface area (Å²) in [5, 5.41) is 0. The molecule has 138 valence electrons. The Balaban J connectivity index is 1.97. The fourth-order valence-electron chi connectivity index (χ4n) is 2.93. The van der Waals surface area contributed by atoms with Gasteiger partial charge in [0.25, 0.3) is 5.82 Å². The molecule has 0 saturated heterocycles. The number of alkyl halides is 3. The van der Waals surface area contributed by atoms with Crippen molar-refractivity contribution in [3.05, 3.63) is 77.7 Å². The molecule has 0 amide bonds. The smallest absolute Gasteiger partial charge is 0.362 e. The van der Waals surface area contributed by atoms with Gasteiger partial charge in [0.1, 0.15) is 5.69 Å². The van der Waals surface area contributed by atoms with Crippen LogP contribution in [0.3, 0.4) is 0 Å². The second-order valence-electron chi connectivity index (χ2n) is 6.13. The highest BCUT2D eigenvalue weighted by Crippen LogP contribution is 2.35. The predicted octanol–water partition coefficient (Wildman–Crippen LogP) is 5.34. The summed E-state index contributed by atoms with van der Waals surface area (Å²) in [4.78, 5) is 15.8. The molecule has 0 spiro atoms. The first kappa shape index (κ1) is 17.7. The molecular formula is C20H12F3N5. The summed E-state index contributed by atoms with van der Waals surface area (Å²) in [5.74, 6) is 0.312. The van der Waals surface area contributed by atoms with Crippen molar-refractivity contribution in [1.82, 2.24) is 19.4 Å². The van der Waals surface area contributed by atoms with Gasteiger partial charge in [0.2, 0.25) is 5.65 Å². The van der Waals surface area contributed by atoms with Crippen molar-refractivity contribution in [2.24, 2.45) is 0 Å². The van der Waals surface area contributed by atoms with E-state index in [1.807, 2.05) is 0 Å². The summed E-state index contributed by atoms with van der Waals surface area (Å²) in [6.45, 7) is 8.99. The molecule has 4 aromatic rings. The summed E-state index contributed by atoms with van der Waals surface area (Å²) in [7, 11) is 0. The Morgan fingerprint density at radius 3 is 2.57 bits per heavy atom. The third kappa shape index (κ3) is 3.07. The van der Waals surface area contributed by atoms with Gasteiger partial charge in [-0.1, -0.05) is 12.6 Å². The largest absolute Gasteiger partial charge is 0.433 e. The van der Waals surface area contributed by atoms with Crippen LogP contribution in [0, 0.1) is 13.5 Å². The van der Waals surface area contributed by atoms with E-state index in [9.17, 15) is 13.2 Å². The summed E-state index contributed by atoms with van der Waals surface area (Å²) in [6.07, 6.45) is -1.46. The molecule has 28 heavy (non-hydrogen) atoms. The maximum absolute atomic E-state index is 13.2. The first-order valence-corrected chi connectivity index (χ1v) is 8.24. The number of nitrogens with zero attached hydrogens (tertiary/aromatic N) is 5. The van der Waals surface area contributed by atoms with Gasteiger partial charge in [-0.2, -0.15) is 13.2 Å². The average molecular weight is 379 g/mol. The number of hydrogen-bond acceptors (Lipinski definition) is 3. The van der Waals surface area contributed by atoms with Gasteiger partial charge >= 0.3 is 6.18 Å². The van der Waals surface area contributed by atoms with Gasteiger partial charge in [0.15, 0.2) is 0 Å². The van der Waals surface area contributed by atoms with Crippen LogP contribution < -0.4 is 0 Å². The zero-order valence-electron chi connectivity index (χ0n) is 14.6. The van der Waals surface area contributed by atoms with E-state index in [4.69, 9.17) is 6.57 Å². The van der Waals surface area contributed by atoms with Crippen LogP contribution in [-0.2, 0) is 6.18 Å². The number of hydrogen-bond donors (Lipinski definition) is 0. The molecule has 0 aromatic carbocycles. The van der Waals surface area contributed by atoms with Crippen molar-refractivity contribution >= 4 is 11.5 Å². The summed E-state index contributed by atoms with van der Waals surface area (Å²) >= 11 is 0. The number of pyridine rings is 3. The van der Waals surface area contributed by atoms with Crippen LogP contribution in [0.1, 0.15) is 11.4 Å². The molecule has 0 saturated carbocycles. The van der Waals surface area contributed by atoms with Gasteiger partial charge in [-0.05, 0) is 37.3 Å². The molecule has 0 bridgehead atoms. The SMILES string of the molecule is [C-]#[N+]c1cnc2ccc(-c3ccc(C(F)(F)F)nc3-c3cccc(C)n3)cn12. The molecule has 4 aromatic heterocycles. The zero-order valence-corrected chi connectivity index (χ0v) is 14.6. The van der Waals surface area contributed by atoms with Crippen molar-refractivity contribution in [2.45, 2.75) is 13.1 Å². The summed E-state index contributed by atoms with van der Waals surface area (Å²) in [6, 6.07) is 10.9. The van der Waals surface area contributed by atoms with E-state index in [1.165, 1.54) is 12.3 Å². The summed E-state index contributed by atoms with van der Waals surface area (Å²) < 4.78 is 41.3. The molecule has 0 aliphatic carbocycles. The fraction of sp³-hybridized carbons (Fsp3) is 0.100. The van der Waals surface area contributed by atoms with Gasteiger partial charge in [-0.3, -0.25) is 4.98 Å². The third-order valence-electron chi connectivity index (χ3n) is 4.23. The number of aromatic nitrogens is 4. The highest BCUT2D eigenvalue weighted by atomic mass is 19.4. The summed E-state index contributed by atoms with van der Waals surface area (Å²) in [5.41, 5.74) is 1.82. The quantitative estimate of drug-likeness (QED) is 0.442. The van der Waals surface area contributed by atoms with Crippen LogP contribution in [0.5, 0.6) is 0 Å². The standard InChI is InChI=1S/C20H12F3N5/c1-12-4-3-5-15(26-12)19-14(7-8-16(27-19)20(21,22)23)13-6-9-17-25-10-18(24-2)28(17)11-13/h3-11H,1H3. The molecular weight excluding hydrogens is 367 g/mol. The molecule has 5 nitrogen and oxygen atoms in total. The number of fused-ring (bicyclic) bond motifs is 1. The molecule has 4 rings (SSSR count). The van der Waals surface area contributed by atoms with Gasteiger partial charge in [0, 0.05) is 22.9 Å². The Hall–Kier alpha value is -3.73. The lowest BCUT2D eigenvalue weighted by Crippen LogP contribution is -2.09. The topological polar surface area (TPSA) is 47.4 Å². The predicted molar refractivity (Wildman–Crippen MR) is 97.7 cm³/mol. The van der Waals surface area contributed by atoms with E-state index < -0.39 is 11.9 Å². The Morgan fingerprint density at radius 1 is 1.04 bits per heavy atom. The molecule has 0 radical (unpaired) electrons. The number of halogens is 3. The van der Waals surface area contributed by atoms with Crippen molar-refractivity contribution in [2.75, 3.05) is 0 Å². The maximum atomic E-state index is 13.2. The van der Waals surface area contributed by atoms with E-state index in [-0.39, 0.29) is 5.69 Å². The van der Waals surface area contributed by atoms with E-state index >= 15 is 0 Å². The second-order valence-corrected chi connectivity index (χ2v) is 6.13. The Bertz CT molecular complexity index is 1230. The third-order valence-corrected chi connectivity index (χ3v) is 4.23. The molecule has 0 fully saturated rings. The Kier molecular flexibility index (Phi) is 4.08. The van der Waals surface area contributed by atoms with Crippen LogP contribution in [0.25, 0.3) is 33.0 Å². The minimum absolute atomic E-state index is 0.127.